The van der Waals surface area contributed by atoms with Crippen molar-refractivity contribution in [3.05, 3.63) is 0 Å². The number of hydrogen-bond donors (Lipinski definition) is 2. The fourth-order valence-corrected chi connectivity index (χ4v) is 2.62. The van der Waals surface area contributed by atoms with E-state index in [0.29, 0.717) is 11.8 Å². The van der Waals surface area contributed by atoms with Gasteiger partial charge in [0.05, 0.1) is 0 Å². The van der Waals surface area contributed by atoms with Crippen LogP contribution in [0.3, 0.4) is 0 Å². The molecule has 2 fully saturated rings. The number of carbonyl (C=O) groups is 1. The number of hydrogen-bond acceptors (Lipinski definition) is 2. The maximum atomic E-state index is 11.3. The molecule has 1 saturated heterocycles. The van der Waals surface area contributed by atoms with Gasteiger partial charge in [-0.05, 0) is 31.1 Å². The van der Waals surface area contributed by atoms with E-state index in [-0.39, 0.29) is 11.4 Å². The zero-order valence-corrected chi connectivity index (χ0v) is 9.86. The maximum absolute atomic E-state index is 11.3. The van der Waals surface area contributed by atoms with Gasteiger partial charge in [-0.25, -0.2) is 0 Å². The molecule has 1 amide bonds. The second kappa shape index (κ2) is 3.78. The van der Waals surface area contributed by atoms with Gasteiger partial charge in [-0.15, -0.1) is 0 Å². The normalized spacial score (nSPS) is 29.6. The van der Waals surface area contributed by atoms with Crippen molar-refractivity contribution in [2.24, 2.45) is 5.41 Å². The van der Waals surface area contributed by atoms with Crippen LogP contribution in [-0.2, 0) is 4.79 Å². The van der Waals surface area contributed by atoms with Crippen LogP contribution in [0.25, 0.3) is 0 Å². The van der Waals surface area contributed by atoms with Gasteiger partial charge >= 0.3 is 0 Å². The Kier molecular flexibility index (Phi) is 2.75. The Balaban J connectivity index is 1.99. The van der Waals surface area contributed by atoms with Gasteiger partial charge in [-0.1, -0.05) is 13.8 Å². The second-order valence-corrected chi connectivity index (χ2v) is 5.90. The van der Waals surface area contributed by atoms with E-state index >= 15 is 0 Å². The minimum atomic E-state index is 0.196. The highest BCUT2D eigenvalue weighted by Crippen LogP contribution is 2.40. The molecular weight excluding hydrogens is 188 g/mol. The van der Waals surface area contributed by atoms with E-state index in [4.69, 9.17) is 0 Å². The van der Waals surface area contributed by atoms with Crippen LogP contribution in [0.15, 0.2) is 0 Å². The molecule has 2 rings (SSSR count). The van der Waals surface area contributed by atoms with Gasteiger partial charge < -0.3 is 10.6 Å². The molecule has 3 nitrogen and oxygen atoms in total. The number of carbonyl (C=O) groups excluding carboxylic acids is 1. The summed E-state index contributed by atoms with van der Waals surface area (Å²) in [6, 6.07) is 0. The summed E-state index contributed by atoms with van der Waals surface area (Å²) in [6.45, 7) is 6.35. The van der Waals surface area contributed by atoms with Crippen molar-refractivity contribution >= 4 is 5.91 Å². The highest BCUT2D eigenvalue weighted by molar-refractivity contribution is 5.76. The SMILES string of the molecule is CC1(C)CCC2(CC1)CNC(=O)CCN2. The quantitative estimate of drug-likeness (QED) is 0.635. The minimum Gasteiger partial charge on any atom is -0.354 e. The Hall–Kier alpha value is -0.570. The third kappa shape index (κ3) is 2.51. The first kappa shape index (κ1) is 10.9. The molecule has 1 aliphatic carbocycles. The van der Waals surface area contributed by atoms with Gasteiger partial charge in [0.15, 0.2) is 0 Å². The van der Waals surface area contributed by atoms with Crippen LogP contribution in [0.4, 0.5) is 0 Å². The summed E-state index contributed by atoms with van der Waals surface area (Å²) < 4.78 is 0. The van der Waals surface area contributed by atoms with E-state index in [2.05, 4.69) is 24.5 Å². The predicted octanol–water partition coefficient (Wildman–Crippen LogP) is 1.43. The van der Waals surface area contributed by atoms with Crippen LogP contribution < -0.4 is 10.6 Å². The van der Waals surface area contributed by atoms with E-state index in [1.807, 2.05) is 0 Å². The Morgan fingerprint density at radius 1 is 1.13 bits per heavy atom. The van der Waals surface area contributed by atoms with Crippen molar-refractivity contribution in [1.29, 1.82) is 0 Å². The summed E-state index contributed by atoms with van der Waals surface area (Å²) in [5.74, 6) is 0.198. The summed E-state index contributed by atoms with van der Waals surface area (Å²) in [4.78, 5) is 11.3. The third-order valence-corrected chi connectivity index (χ3v) is 4.04. The van der Waals surface area contributed by atoms with Crippen molar-refractivity contribution in [2.75, 3.05) is 13.1 Å². The van der Waals surface area contributed by atoms with Crippen LogP contribution in [0.1, 0.15) is 46.0 Å². The summed E-state index contributed by atoms with van der Waals surface area (Å²) >= 11 is 0. The first-order chi connectivity index (χ1) is 7.02. The number of amides is 1. The summed E-state index contributed by atoms with van der Waals surface area (Å²) in [7, 11) is 0. The molecule has 1 heterocycles. The average Bonchev–Trinajstić information content (AvgIpc) is 2.36. The van der Waals surface area contributed by atoms with Gasteiger partial charge in [0, 0.05) is 25.0 Å². The number of rotatable bonds is 0. The van der Waals surface area contributed by atoms with Crippen molar-refractivity contribution in [3.8, 4) is 0 Å². The van der Waals surface area contributed by atoms with E-state index < -0.39 is 0 Å². The van der Waals surface area contributed by atoms with Crippen molar-refractivity contribution in [1.82, 2.24) is 10.6 Å². The zero-order valence-electron chi connectivity index (χ0n) is 9.86. The minimum absolute atomic E-state index is 0.196. The third-order valence-electron chi connectivity index (χ3n) is 4.04. The van der Waals surface area contributed by atoms with Gasteiger partial charge in [-0.3, -0.25) is 4.79 Å². The molecule has 1 saturated carbocycles. The highest BCUT2D eigenvalue weighted by Gasteiger charge is 2.38. The Labute approximate surface area is 92.0 Å². The lowest BCUT2D eigenvalue weighted by molar-refractivity contribution is -0.120. The van der Waals surface area contributed by atoms with Gasteiger partial charge in [-0.2, -0.15) is 0 Å². The van der Waals surface area contributed by atoms with E-state index in [9.17, 15) is 4.79 Å². The van der Waals surface area contributed by atoms with E-state index in [1.54, 1.807) is 0 Å². The van der Waals surface area contributed by atoms with Crippen molar-refractivity contribution in [3.63, 3.8) is 0 Å². The maximum Gasteiger partial charge on any atom is 0.221 e. The molecule has 0 bridgehead atoms. The molecule has 0 radical (unpaired) electrons. The molecule has 1 aliphatic heterocycles. The lowest BCUT2D eigenvalue weighted by Crippen LogP contribution is -2.53. The van der Waals surface area contributed by atoms with Gasteiger partial charge in [0.2, 0.25) is 5.91 Å². The lowest BCUT2D eigenvalue weighted by atomic mass is 9.69. The van der Waals surface area contributed by atoms with Crippen LogP contribution in [-0.4, -0.2) is 24.5 Å². The molecular formula is C12H22N2O. The number of nitrogens with one attached hydrogen (secondary N) is 2. The first-order valence-corrected chi connectivity index (χ1v) is 6.03. The lowest BCUT2D eigenvalue weighted by Gasteiger charge is -2.43. The van der Waals surface area contributed by atoms with Gasteiger partial charge in [0.25, 0.3) is 0 Å². The highest BCUT2D eigenvalue weighted by atomic mass is 16.1. The standard InChI is InChI=1S/C12H22N2O/c1-11(2)4-6-12(7-5-11)9-13-10(15)3-8-14-12/h14H,3-9H2,1-2H3,(H,13,15). The molecule has 0 aromatic carbocycles. The molecule has 15 heavy (non-hydrogen) atoms. The average molecular weight is 210 g/mol. The zero-order chi connectivity index (χ0) is 10.9. The van der Waals surface area contributed by atoms with Crippen LogP contribution in [0.5, 0.6) is 0 Å². The van der Waals surface area contributed by atoms with E-state index in [1.165, 1.54) is 25.7 Å². The predicted molar refractivity (Wildman–Crippen MR) is 60.6 cm³/mol. The summed E-state index contributed by atoms with van der Waals surface area (Å²) in [6.07, 6.45) is 5.54. The summed E-state index contributed by atoms with van der Waals surface area (Å²) in [5, 5.41) is 6.61. The van der Waals surface area contributed by atoms with Crippen LogP contribution in [0.2, 0.25) is 0 Å². The van der Waals surface area contributed by atoms with Crippen LogP contribution >= 0.6 is 0 Å². The fraction of sp³-hybridized carbons (Fsp3) is 0.917. The molecule has 2 N–H and O–H groups in total. The molecule has 3 heteroatoms. The smallest absolute Gasteiger partial charge is 0.221 e. The second-order valence-electron chi connectivity index (χ2n) is 5.90. The fourth-order valence-electron chi connectivity index (χ4n) is 2.62. The Morgan fingerprint density at radius 3 is 2.47 bits per heavy atom. The topological polar surface area (TPSA) is 41.1 Å². The molecule has 0 aromatic heterocycles. The van der Waals surface area contributed by atoms with E-state index in [0.717, 1.165) is 13.1 Å². The molecule has 0 atom stereocenters. The molecule has 0 aromatic rings. The molecule has 2 aliphatic rings. The molecule has 1 spiro atoms. The Morgan fingerprint density at radius 2 is 1.80 bits per heavy atom. The molecule has 0 unspecified atom stereocenters. The monoisotopic (exact) mass is 210 g/mol. The van der Waals surface area contributed by atoms with Crippen LogP contribution in [0, 0.1) is 5.41 Å². The molecule has 86 valence electrons. The van der Waals surface area contributed by atoms with Crippen molar-refractivity contribution < 1.29 is 4.79 Å². The first-order valence-electron chi connectivity index (χ1n) is 6.03. The Bertz CT molecular complexity index is 250. The largest absolute Gasteiger partial charge is 0.354 e. The summed E-state index contributed by atoms with van der Waals surface area (Å²) in [5.41, 5.74) is 0.685. The van der Waals surface area contributed by atoms with Gasteiger partial charge in [0.1, 0.15) is 0 Å². The van der Waals surface area contributed by atoms with Crippen molar-refractivity contribution in [2.45, 2.75) is 51.5 Å².